The average molecular weight is 220 g/mol. The molecule has 1 nitrogen and oxygen atoms in total. The molecule has 0 aromatic heterocycles. The van der Waals surface area contributed by atoms with E-state index in [1.54, 1.807) is 6.92 Å². The second-order valence-electron chi connectivity index (χ2n) is 5.79. The van der Waals surface area contributed by atoms with Gasteiger partial charge in [0.1, 0.15) is 0 Å². The SMILES string of the molecule is CC(=O)C(C)=CC1C(C)=CCC(C)C1(C)C. The Labute approximate surface area is 99.6 Å². The lowest BCUT2D eigenvalue weighted by Gasteiger charge is -2.42. The summed E-state index contributed by atoms with van der Waals surface area (Å²) in [6.45, 7) is 12.7. The molecule has 2 atom stereocenters. The topological polar surface area (TPSA) is 17.1 Å². The van der Waals surface area contributed by atoms with Crippen LogP contribution in [0.15, 0.2) is 23.3 Å². The minimum Gasteiger partial charge on any atom is -0.295 e. The van der Waals surface area contributed by atoms with E-state index in [1.165, 1.54) is 5.57 Å². The van der Waals surface area contributed by atoms with Gasteiger partial charge in [-0.25, -0.2) is 0 Å². The van der Waals surface area contributed by atoms with Crippen LogP contribution in [0, 0.1) is 17.3 Å². The van der Waals surface area contributed by atoms with Crippen molar-refractivity contribution in [1.82, 2.24) is 0 Å². The lowest BCUT2D eigenvalue weighted by molar-refractivity contribution is -0.113. The molecule has 0 heterocycles. The van der Waals surface area contributed by atoms with E-state index in [2.05, 4.69) is 39.8 Å². The Kier molecular flexibility index (Phi) is 3.77. The number of Topliss-reactive ketones (excluding diaryl/α,β-unsaturated/α-hetero) is 1. The summed E-state index contributed by atoms with van der Waals surface area (Å²) in [6.07, 6.45) is 5.64. The highest BCUT2D eigenvalue weighted by Crippen LogP contribution is 2.45. The highest BCUT2D eigenvalue weighted by Gasteiger charge is 2.36. The first kappa shape index (κ1) is 13.2. The fourth-order valence-corrected chi connectivity index (χ4v) is 2.40. The van der Waals surface area contributed by atoms with Crippen molar-refractivity contribution in [2.45, 2.75) is 48.0 Å². The molecule has 0 amide bonds. The number of carbonyl (C=O) groups is 1. The van der Waals surface area contributed by atoms with Crippen molar-refractivity contribution in [2.24, 2.45) is 17.3 Å². The molecule has 1 aliphatic rings. The summed E-state index contributed by atoms with van der Waals surface area (Å²) >= 11 is 0. The monoisotopic (exact) mass is 220 g/mol. The Hall–Kier alpha value is -0.850. The Morgan fingerprint density at radius 2 is 2.00 bits per heavy atom. The molecule has 16 heavy (non-hydrogen) atoms. The summed E-state index contributed by atoms with van der Waals surface area (Å²) in [5.41, 5.74) is 2.54. The number of allylic oxidation sites excluding steroid dienone is 4. The van der Waals surface area contributed by atoms with E-state index in [4.69, 9.17) is 0 Å². The third kappa shape index (κ3) is 2.45. The zero-order chi connectivity index (χ0) is 12.5. The maximum absolute atomic E-state index is 11.3. The molecule has 0 spiro atoms. The summed E-state index contributed by atoms with van der Waals surface area (Å²) < 4.78 is 0. The van der Waals surface area contributed by atoms with Crippen molar-refractivity contribution in [3.8, 4) is 0 Å². The van der Waals surface area contributed by atoms with Gasteiger partial charge in [-0.15, -0.1) is 0 Å². The molecule has 1 heteroatoms. The molecule has 0 saturated carbocycles. The Morgan fingerprint density at radius 3 is 2.50 bits per heavy atom. The highest BCUT2D eigenvalue weighted by molar-refractivity contribution is 5.92. The second kappa shape index (κ2) is 4.57. The van der Waals surface area contributed by atoms with E-state index in [0.29, 0.717) is 11.8 Å². The van der Waals surface area contributed by atoms with E-state index in [0.717, 1.165) is 12.0 Å². The second-order valence-corrected chi connectivity index (χ2v) is 5.79. The van der Waals surface area contributed by atoms with E-state index in [1.807, 2.05) is 6.92 Å². The van der Waals surface area contributed by atoms with Crippen molar-refractivity contribution in [1.29, 1.82) is 0 Å². The summed E-state index contributed by atoms with van der Waals surface area (Å²) in [7, 11) is 0. The first-order valence-electron chi connectivity index (χ1n) is 6.12. The molecular weight excluding hydrogens is 196 g/mol. The van der Waals surface area contributed by atoms with Crippen molar-refractivity contribution in [2.75, 3.05) is 0 Å². The molecule has 0 radical (unpaired) electrons. The summed E-state index contributed by atoms with van der Waals surface area (Å²) in [5, 5.41) is 0. The number of ketones is 1. The molecular formula is C15H24O. The van der Waals surface area contributed by atoms with Crippen LogP contribution in [0.1, 0.15) is 48.0 Å². The van der Waals surface area contributed by atoms with Crippen LogP contribution >= 0.6 is 0 Å². The van der Waals surface area contributed by atoms with Crippen molar-refractivity contribution >= 4 is 5.78 Å². The maximum atomic E-state index is 11.3. The largest absolute Gasteiger partial charge is 0.295 e. The molecule has 0 aliphatic heterocycles. The van der Waals surface area contributed by atoms with E-state index >= 15 is 0 Å². The van der Waals surface area contributed by atoms with Gasteiger partial charge in [-0.3, -0.25) is 4.79 Å². The van der Waals surface area contributed by atoms with E-state index < -0.39 is 0 Å². The summed E-state index contributed by atoms with van der Waals surface area (Å²) in [4.78, 5) is 11.3. The van der Waals surface area contributed by atoms with Gasteiger partial charge in [-0.1, -0.05) is 38.5 Å². The molecule has 0 bridgehead atoms. The smallest absolute Gasteiger partial charge is 0.155 e. The maximum Gasteiger partial charge on any atom is 0.155 e. The van der Waals surface area contributed by atoms with Crippen LogP contribution in [-0.4, -0.2) is 5.78 Å². The van der Waals surface area contributed by atoms with Gasteiger partial charge in [0, 0.05) is 5.92 Å². The predicted octanol–water partition coefficient (Wildman–Crippen LogP) is 4.15. The standard InChI is InChI=1S/C15H24O/c1-10-7-8-12(3)15(5,6)14(10)9-11(2)13(4)16/h7,9,12,14H,8H2,1-6H3. The van der Waals surface area contributed by atoms with Crippen LogP contribution in [0.3, 0.4) is 0 Å². The van der Waals surface area contributed by atoms with Crippen LogP contribution in [0.4, 0.5) is 0 Å². The van der Waals surface area contributed by atoms with Gasteiger partial charge in [-0.05, 0) is 44.1 Å². The zero-order valence-electron chi connectivity index (χ0n) is 11.4. The number of hydrogen-bond acceptors (Lipinski definition) is 1. The Bertz CT molecular complexity index is 344. The van der Waals surface area contributed by atoms with Gasteiger partial charge < -0.3 is 0 Å². The molecule has 0 N–H and O–H groups in total. The summed E-state index contributed by atoms with van der Waals surface area (Å²) in [6, 6.07) is 0. The fourth-order valence-electron chi connectivity index (χ4n) is 2.40. The quantitative estimate of drug-likeness (QED) is 0.504. The fraction of sp³-hybridized carbons (Fsp3) is 0.667. The average Bonchev–Trinajstić information content (AvgIpc) is 2.18. The van der Waals surface area contributed by atoms with Crippen molar-refractivity contribution in [3.05, 3.63) is 23.3 Å². The first-order valence-corrected chi connectivity index (χ1v) is 6.12. The lowest BCUT2D eigenvalue weighted by Crippen LogP contribution is -2.33. The Balaban J connectivity index is 3.09. The zero-order valence-corrected chi connectivity index (χ0v) is 11.4. The highest BCUT2D eigenvalue weighted by atomic mass is 16.1. The van der Waals surface area contributed by atoms with Crippen LogP contribution in [0.25, 0.3) is 0 Å². The molecule has 0 saturated heterocycles. The number of hydrogen-bond donors (Lipinski definition) is 0. The molecule has 1 rings (SSSR count). The molecule has 2 unspecified atom stereocenters. The van der Waals surface area contributed by atoms with Gasteiger partial charge >= 0.3 is 0 Å². The van der Waals surface area contributed by atoms with E-state index in [-0.39, 0.29) is 11.2 Å². The van der Waals surface area contributed by atoms with Gasteiger partial charge in [0.2, 0.25) is 0 Å². The van der Waals surface area contributed by atoms with Crippen LogP contribution in [0.5, 0.6) is 0 Å². The lowest BCUT2D eigenvalue weighted by atomic mass is 9.62. The number of carbonyl (C=O) groups excluding carboxylic acids is 1. The molecule has 0 aromatic carbocycles. The third-order valence-corrected chi connectivity index (χ3v) is 4.33. The van der Waals surface area contributed by atoms with Gasteiger partial charge in [-0.2, -0.15) is 0 Å². The minimum absolute atomic E-state index is 0.182. The molecule has 90 valence electrons. The van der Waals surface area contributed by atoms with Crippen molar-refractivity contribution < 1.29 is 4.79 Å². The van der Waals surface area contributed by atoms with Crippen LogP contribution in [-0.2, 0) is 4.79 Å². The van der Waals surface area contributed by atoms with Gasteiger partial charge in [0.05, 0.1) is 0 Å². The van der Waals surface area contributed by atoms with Gasteiger partial charge in [0.25, 0.3) is 0 Å². The van der Waals surface area contributed by atoms with E-state index in [9.17, 15) is 4.79 Å². The first-order chi connectivity index (χ1) is 7.26. The van der Waals surface area contributed by atoms with Gasteiger partial charge in [0.15, 0.2) is 5.78 Å². The molecule has 0 aromatic rings. The number of rotatable bonds is 2. The molecule has 1 aliphatic carbocycles. The molecule has 0 fully saturated rings. The van der Waals surface area contributed by atoms with Crippen LogP contribution < -0.4 is 0 Å². The Morgan fingerprint density at radius 1 is 1.44 bits per heavy atom. The normalized spacial score (nSPS) is 29.9. The third-order valence-electron chi connectivity index (χ3n) is 4.33. The van der Waals surface area contributed by atoms with Crippen LogP contribution in [0.2, 0.25) is 0 Å². The predicted molar refractivity (Wildman–Crippen MR) is 69.2 cm³/mol. The minimum atomic E-state index is 0.182. The van der Waals surface area contributed by atoms with Crippen molar-refractivity contribution in [3.63, 3.8) is 0 Å². The summed E-state index contributed by atoms with van der Waals surface area (Å²) in [5.74, 6) is 1.25.